The Morgan fingerprint density at radius 1 is 1.41 bits per heavy atom. The number of aliphatic hydroxyl groups is 1. The number of nitrogens with zero attached hydrogens (tertiary/aromatic N) is 2. The van der Waals surface area contributed by atoms with Gasteiger partial charge in [0.15, 0.2) is 0 Å². The number of H-pyrrole nitrogens is 1. The number of hydrogen-bond donors (Lipinski definition) is 2. The lowest BCUT2D eigenvalue weighted by molar-refractivity contribution is -0.133. The lowest BCUT2D eigenvalue weighted by Crippen LogP contribution is -2.41. The van der Waals surface area contributed by atoms with Gasteiger partial charge >= 0.3 is 0 Å². The van der Waals surface area contributed by atoms with Crippen LogP contribution in [0.25, 0.3) is 10.9 Å². The molecular weight excluding hydrogens is 393 g/mol. The van der Waals surface area contributed by atoms with Crippen molar-refractivity contribution in [3.8, 4) is 0 Å². The number of benzene rings is 2. The number of aromatic amines is 1. The Hall–Kier alpha value is -2.44. The summed E-state index contributed by atoms with van der Waals surface area (Å²) in [5.74, 6) is -0.0265. The largest absolute Gasteiger partial charge is 0.383 e. The molecule has 7 heteroatoms. The average molecular weight is 416 g/mol. The van der Waals surface area contributed by atoms with Gasteiger partial charge in [0.25, 0.3) is 0 Å². The molecule has 0 unspecified atom stereocenters. The summed E-state index contributed by atoms with van der Waals surface area (Å²) in [4.78, 5) is 15.0. The van der Waals surface area contributed by atoms with Crippen molar-refractivity contribution >= 4 is 28.4 Å². The molecule has 0 fully saturated rings. The van der Waals surface area contributed by atoms with Gasteiger partial charge in [0.1, 0.15) is 12.3 Å². The summed E-state index contributed by atoms with van der Waals surface area (Å²) in [5.41, 5.74) is 2.55. The van der Waals surface area contributed by atoms with Crippen molar-refractivity contribution < 1.29 is 14.3 Å². The van der Waals surface area contributed by atoms with E-state index >= 15 is 0 Å². The predicted octanol–water partition coefficient (Wildman–Crippen LogP) is 4.08. The highest BCUT2D eigenvalue weighted by atomic mass is 35.5. The normalized spacial score (nSPS) is 18.5. The standard InChI is InChI=1S/C22H23ClFN3O2/c1-13-14-4-3-5-18(22(2,29)12-24)15(14)8-9-27(13)21(28)10-16-17-11-25-26-20(17)7-6-19(16)23/h3-7,11,13,29H,8-10,12H2,1-2H3,(H,25,26)/t13-,22-/m0/s1. The van der Waals surface area contributed by atoms with Crippen molar-refractivity contribution in [2.75, 3.05) is 13.2 Å². The summed E-state index contributed by atoms with van der Waals surface area (Å²) in [7, 11) is 0. The van der Waals surface area contributed by atoms with Crippen LogP contribution in [0.15, 0.2) is 36.5 Å². The second-order valence-corrected chi connectivity index (χ2v) is 8.24. The Morgan fingerprint density at radius 2 is 2.21 bits per heavy atom. The first-order valence-electron chi connectivity index (χ1n) is 9.64. The molecule has 3 aromatic rings. The molecule has 1 aliphatic rings. The first-order valence-corrected chi connectivity index (χ1v) is 10.0. The minimum absolute atomic E-state index is 0.0265. The Balaban J connectivity index is 1.63. The second-order valence-electron chi connectivity index (χ2n) is 7.83. The van der Waals surface area contributed by atoms with Gasteiger partial charge in [-0.2, -0.15) is 5.10 Å². The van der Waals surface area contributed by atoms with E-state index in [1.165, 1.54) is 6.92 Å². The van der Waals surface area contributed by atoms with E-state index in [1.54, 1.807) is 18.3 Å². The molecule has 2 N–H and O–H groups in total. The number of amides is 1. The summed E-state index contributed by atoms with van der Waals surface area (Å²) in [5, 5.41) is 18.8. The molecule has 5 nitrogen and oxygen atoms in total. The lowest BCUT2D eigenvalue weighted by atomic mass is 9.83. The van der Waals surface area contributed by atoms with Gasteiger partial charge in [-0.05, 0) is 54.7 Å². The SMILES string of the molecule is C[C@H]1c2cccc([C@@](C)(O)CF)c2CCN1C(=O)Cc1c(Cl)ccc2[nH]ncc12. The second kappa shape index (κ2) is 7.43. The quantitative estimate of drug-likeness (QED) is 0.674. The van der Waals surface area contributed by atoms with E-state index in [2.05, 4.69) is 10.2 Å². The van der Waals surface area contributed by atoms with Crippen LogP contribution >= 0.6 is 11.6 Å². The zero-order chi connectivity index (χ0) is 20.8. The van der Waals surface area contributed by atoms with Crippen molar-refractivity contribution in [3.63, 3.8) is 0 Å². The van der Waals surface area contributed by atoms with Crippen LogP contribution in [-0.4, -0.2) is 39.3 Å². The molecule has 0 saturated heterocycles. The van der Waals surface area contributed by atoms with E-state index in [9.17, 15) is 14.3 Å². The number of alkyl halides is 1. The van der Waals surface area contributed by atoms with Crippen LogP contribution < -0.4 is 0 Å². The lowest BCUT2D eigenvalue weighted by Gasteiger charge is -2.38. The molecule has 29 heavy (non-hydrogen) atoms. The highest BCUT2D eigenvalue weighted by Gasteiger charge is 2.33. The maximum atomic E-state index is 13.4. The highest BCUT2D eigenvalue weighted by molar-refractivity contribution is 6.32. The number of fused-ring (bicyclic) bond motifs is 2. The van der Waals surface area contributed by atoms with Crippen molar-refractivity contribution in [1.29, 1.82) is 0 Å². The number of hydrogen-bond acceptors (Lipinski definition) is 3. The molecule has 2 atom stereocenters. The van der Waals surface area contributed by atoms with Crippen LogP contribution in [0.1, 0.15) is 42.1 Å². The Kier molecular flexibility index (Phi) is 5.09. The van der Waals surface area contributed by atoms with E-state index in [0.29, 0.717) is 23.6 Å². The van der Waals surface area contributed by atoms with Gasteiger partial charge in [-0.1, -0.05) is 29.8 Å². The van der Waals surface area contributed by atoms with E-state index in [-0.39, 0.29) is 18.4 Å². The fourth-order valence-electron chi connectivity index (χ4n) is 4.27. The Bertz CT molecular complexity index is 1080. The molecule has 1 aromatic heterocycles. The van der Waals surface area contributed by atoms with Crippen LogP contribution in [0.2, 0.25) is 5.02 Å². The predicted molar refractivity (Wildman–Crippen MR) is 111 cm³/mol. The van der Waals surface area contributed by atoms with Crippen molar-refractivity contribution in [2.24, 2.45) is 0 Å². The van der Waals surface area contributed by atoms with Gasteiger partial charge in [-0.15, -0.1) is 0 Å². The van der Waals surface area contributed by atoms with Gasteiger partial charge < -0.3 is 10.0 Å². The van der Waals surface area contributed by atoms with Gasteiger partial charge in [-0.25, -0.2) is 4.39 Å². The number of rotatable bonds is 4. The first-order chi connectivity index (χ1) is 13.8. The maximum absolute atomic E-state index is 13.4. The minimum atomic E-state index is -1.53. The Labute approximate surface area is 173 Å². The average Bonchev–Trinajstić information content (AvgIpc) is 3.19. The van der Waals surface area contributed by atoms with E-state index in [0.717, 1.165) is 27.6 Å². The van der Waals surface area contributed by atoms with Crippen molar-refractivity contribution in [3.05, 3.63) is 63.8 Å². The molecular formula is C22H23ClFN3O2. The number of carbonyl (C=O) groups is 1. The summed E-state index contributed by atoms with van der Waals surface area (Å²) in [6, 6.07) is 8.96. The van der Waals surface area contributed by atoms with Crippen LogP contribution in [0.4, 0.5) is 4.39 Å². The smallest absolute Gasteiger partial charge is 0.227 e. The Morgan fingerprint density at radius 3 is 2.97 bits per heavy atom. The molecule has 0 spiro atoms. The topological polar surface area (TPSA) is 69.2 Å². The number of aromatic nitrogens is 2. The molecule has 2 aromatic carbocycles. The summed E-state index contributed by atoms with van der Waals surface area (Å²) >= 11 is 6.37. The molecule has 1 amide bonds. The third-order valence-electron chi connectivity index (χ3n) is 5.90. The molecule has 2 heterocycles. The van der Waals surface area contributed by atoms with E-state index < -0.39 is 12.3 Å². The summed E-state index contributed by atoms with van der Waals surface area (Å²) in [6.07, 6.45) is 2.43. The fraction of sp³-hybridized carbons (Fsp3) is 0.364. The molecule has 0 saturated carbocycles. The van der Waals surface area contributed by atoms with Crippen molar-refractivity contribution in [1.82, 2.24) is 15.1 Å². The van der Waals surface area contributed by atoms with Crippen LogP contribution in [0, 0.1) is 0 Å². The van der Waals surface area contributed by atoms with Gasteiger partial charge in [-0.3, -0.25) is 9.89 Å². The number of nitrogens with one attached hydrogen (secondary N) is 1. The minimum Gasteiger partial charge on any atom is -0.383 e. The summed E-state index contributed by atoms with van der Waals surface area (Å²) in [6.45, 7) is 3.10. The monoisotopic (exact) mass is 415 g/mol. The molecule has 0 bridgehead atoms. The van der Waals surface area contributed by atoms with E-state index in [1.807, 2.05) is 30.0 Å². The number of halogens is 2. The molecule has 0 aliphatic carbocycles. The zero-order valence-electron chi connectivity index (χ0n) is 16.4. The highest BCUT2D eigenvalue weighted by Crippen LogP contribution is 2.36. The van der Waals surface area contributed by atoms with Crippen molar-refractivity contribution in [2.45, 2.75) is 38.3 Å². The van der Waals surface area contributed by atoms with Gasteiger partial charge in [0, 0.05) is 17.0 Å². The zero-order valence-corrected chi connectivity index (χ0v) is 17.1. The maximum Gasteiger partial charge on any atom is 0.227 e. The molecule has 0 radical (unpaired) electrons. The van der Waals surface area contributed by atoms with Crippen LogP contribution in [-0.2, 0) is 23.2 Å². The molecule has 152 valence electrons. The molecule has 1 aliphatic heterocycles. The number of carbonyl (C=O) groups excluding carboxylic acids is 1. The van der Waals surface area contributed by atoms with Crippen LogP contribution in [0.3, 0.4) is 0 Å². The fourth-order valence-corrected chi connectivity index (χ4v) is 4.50. The first kappa shape index (κ1) is 19.9. The van der Waals surface area contributed by atoms with Gasteiger partial charge in [0.2, 0.25) is 5.91 Å². The van der Waals surface area contributed by atoms with Crippen LogP contribution in [0.5, 0.6) is 0 Å². The summed E-state index contributed by atoms with van der Waals surface area (Å²) < 4.78 is 13.4. The van der Waals surface area contributed by atoms with E-state index in [4.69, 9.17) is 11.6 Å². The van der Waals surface area contributed by atoms with Gasteiger partial charge in [0.05, 0.1) is 24.2 Å². The third-order valence-corrected chi connectivity index (χ3v) is 6.25. The third kappa shape index (κ3) is 3.40. The molecule has 4 rings (SSSR count).